The lowest BCUT2D eigenvalue weighted by Gasteiger charge is -2.11. The summed E-state index contributed by atoms with van der Waals surface area (Å²) < 4.78 is 2.41. The van der Waals surface area contributed by atoms with Gasteiger partial charge in [-0.1, -0.05) is 121 Å². The molecule has 1 aliphatic rings. The topological polar surface area (TPSA) is 69.4 Å². The predicted octanol–water partition coefficient (Wildman–Crippen LogP) is 12.0. The van der Waals surface area contributed by atoms with Gasteiger partial charge in [-0.3, -0.25) is 0 Å². The van der Waals surface area contributed by atoms with Crippen LogP contribution in [0.15, 0.2) is 158 Å². The number of para-hydroxylation sites is 1. The number of fused-ring (bicyclic) bond motifs is 8. The normalized spacial score (nSPS) is 13.1. The minimum atomic E-state index is 0.620. The Morgan fingerprint density at radius 2 is 1.26 bits per heavy atom. The summed E-state index contributed by atoms with van der Waals surface area (Å²) in [6, 6.07) is 48.6. The second-order valence-electron chi connectivity index (χ2n) is 13.7. The highest BCUT2D eigenvalue weighted by Gasteiger charge is 2.18. The molecule has 0 aliphatic heterocycles. The molecular formula is C47H30N6S. The Bertz CT molecular complexity index is 3160. The number of thiophene rings is 1. The summed E-state index contributed by atoms with van der Waals surface area (Å²) in [4.78, 5) is 17.3. The first-order valence-corrected chi connectivity index (χ1v) is 19.0. The molecule has 0 bridgehead atoms. The van der Waals surface area contributed by atoms with Crippen molar-refractivity contribution in [3.8, 4) is 39.9 Å². The van der Waals surface area contributed by atoms with Gasteiger partial charge in [0.15, 0.2) is 17.5 Å². The maximum atomic E-state index is 5.24. The maximum absolute atomic E-state index is 5.24. The number of rotatable bonds is 5. The van der Waals surface area contributed by atoms with E-state index in [-0.39, 0.29) is 0 Å². The van der Waals surface area contributed by atoms with E-state index in [1.165, 1.54) is 31.3 Å². The second-order valence-corrected chi connectivity index (χ2v) is 14.7. The van der Waals surface area contributed by atoms with Gasteiger partial charge < -0.3 is 0 Å². The molecule has 0 unspecified atom stereocenters. The third kappa shape index (κ3) is 5.12. The highest BCUT2D eigenvalue weighted by molar-refractivity contribution is 7.26. The molecule has 3 aromatic heterocycles. The van der Waals surface area contributed by atoms with Gasteiger partial charge in [0.1, 0.15) is 11.0 Å². The predicted molar refractivity (Wildman–Crippen MR) is 223 cm³/mol. The van der Waals surface area contributed by atoms with E-state index in [2.05, 4.69) is 121 Å². The van der Waals surface area contributed by atoms with Crippen LogP contribution >= 0.6 is 11.3 Å². The quantitative estimate of drug-likeness (QED) is 0.166. The van der Waals surface area contributed by atoms with Crippen molar-refractivity contribution in [2.24, 2.45) is 0 Å². The van der Waals surface area contributed by atoms with Gasteiger partial charge >= 0.3 is 0 Å². The maximum Gasteiger partial charge on any atom is 0.165 e. The van der Waals surface area contributed by atoms with Gasteiger partial charge in [-0.15, -0.1) is 21.5 Å². The van der Waals surface area contributed by atoms with E-state index in [0.717, 1.165) is 67.8 Å². The molecule has 0 N–H and O–H groups in total. The largest absolute Gasteiger partial charge is 0.208 e. The van der Waals surface area contributed by atoms with E-state index in [0.29, 0.717) is 17.5 Å². The fraction of sp³-hybridized carbons (Fsp3) is 0.0426. The summed E-state index contributed by atoms with van der Waals surface area (Å²) in [6.07, 6.45) is 8.91. The molecule has 10 aromatic rings. The third-order valence-corrected chi connectivity index (χ3v) is 11.6. The monoisotopic (exact) mass is 710 g/mol. The van der Waals surface area contributed by atoms with E-state index in [9.17, 15) is 0 Å². The second kappa shape index (κ2) is 12.4. The number of benzene rings is 7. The molecule has 54 heavy (non-hydrogen) atoms. The Hall–Kier alpha value is -6.83. The molecule has 7 aromatic carbocycles. The van der Waals surface area contributed by atoms with Crippen molar-refractivity contribution in [1.29, 1.82) is 0 Å². The van der Waals surface area contributed by atoms with Crippen molar-refractivity contribution in [2.45, 2.75) is 12.8 Å². The van der Waals surface area contributed by atoms with Crippen LogP contribution in [0.4, 0.5) is 0 Å². The van der Waals surface area contributed by atoms with Crippen LogP contribution in [-0.4, -0.2) is 29.9 Å². The number of hydrogen-bond donors (Lipinski definition) is 0. The van der Waals surface area contributed by atoms with Crippen molar-refractivity contribution in [2.75, 3.05) is 0 Å². The van der Waals surface area contributed by atoms with Gasteiger partial charge in [0.05, 0.1) is 5.69 Å². The molecule has 3 heterocycles. The van der Waals surface area contributed by atoms with Crippen LogP contribution in [0.3, 0.4) is 0 Å². The molecule has 0 saturated carbocycles. The van der Waals surface area contributed by atoms with E-state index < -0.39 is 0 Å². The van der Waals surface area contributed by atoms with Crippen molar-refractivity contribution >= 4 is 69.7 Å². The molecule has 0 spiro atoms. The molecule has 11 rings (SSSR count). The molecule has 0 atom stereocenters. The van der Waals surface area contributed by atoms with Crippen LogP contribution in [0.1, 0.15) is 18.4 Å². The van der Waals surface area contributed by atoms with Crippen LogP contribution in [0, 0.1) is 0 Å². The number of allylic oxidation sites excluding steroid dienone is 4. The fourth-order valence-electron chi connectivity index (χ4n) is 7.65. The summed E-state index contributed by atoms with van der Waals surface area (Å²) in [6.45, 7) is 0. The van der Waals surface area contributed by atoms with Crippen LogP contribution in [0.25, 0.3) is 98.2 Å². The highest BCUT2D eigenvalue weighted by atomic mass is 32.1. The fourth-order valence-corrected chi connectivity index (χ4v) is 8.86. The van der Waals surface area contributed by atoms with Gasteiger partial charge in [0.2, 0.25) is 0 Å². The van der Waals surface area contributed by atoms with Crippen molar-refractivity contribution in [3.63, 3.8) is 0 Å². The zero-order chi connectivity index (χ0) is 35.6. The number of nitrogens with zero attached hydrogens (tertiary/aromatic N) is 6. The third-order valence-electron chi connectivity index (χ3n) is 10.3. The van der Waals surface area contributed by atoms with Crippen LogP contribution in [-0.2, 0) is 0 Å². The Morgan fingerprint density at radius 1 is 0.537 bits per heavy atom. The summed E-state index contributed by atoms with van der Waals surface area (Å²) in [5, 5.41) is 16.7. The Labute approximate surface area is 314 Å². The lowest BCUT2D eigenvalue weighted by Crippen LogP contribution is -2.00. The first-order chi connectivity index (χ1) is 26.7. The summed E-state index contributed by atoms with van der Waals surface area (Å²) in [5.74, 6) is 1.91. The highest BCUT2D eigenvalue weighted by Crippen LogP contribution is 2.40. The lowest BCUT2D eigenvalue weighted by molar-refractivity contribution is 0.766. The Kier molecular flexibility index (Phi) is 7.06. The van der Waals surface area contributed by atoms with E-state index >= 15 is 0 Å². The number of hydrogen-bond acceptors (Lipinski definition) is 6. The van der Waals surface area contributed by atoms with Gasteiger partial charge in [0, 0.05) is 42.2 Å². The minimum absolute atomic E-state index is 0.620. The van der Waals surface area contributed by atoms with Gasteiger partial charge in [0.25, 0.3) is 0 Å². The van der Waals surface area contributed by atoms with Crippen molar-refractivity contribution in [3.05, 3.63) is 163 Å². The summed E-state index contributed by atoms with van der Waals surface area (Å²) in [5.41, 5.74) is 7.91. The lowest BCUT2D eigenvalue weighted by atomic mass is 9.98. The SMILES string of the molecule is C1=CC(c2ccc(-c3nc(-c4ccc5ccc6ccc7nn(-c8ccccc8)nc7c6c5c4)nc(-c4cccc5c4sc4ccccc45)n3)cc2)=CCC1. The molecule has 254 valence electrons. The summed E-state index contributed by atoms with van der Waals surface area (Å²) >= 11 is 1.78. The van der Waals surface area contributed by atoms with Crippen LogP contribution in [0.2, 0.25) is 0 Å². The molecule has 7 heteroatoms. The molecule has 0 radical (unpaired) electrons. The van der Waals surface area contributed by atoms with Crippen LogP contribution in [0.5, 0.6) is 0 Å². The van der Waals surface area contributed by atoms with Gasteiger partial charge in [-0.25, -0.2) is 15.0 Å². The van der Waals surface area contributed by atoms with Gasteiger partial charge in [-0.2, -0.15) is 4.80 Å². The standard InChI is InChI=1S/C47H30N6S/c1-3-10-29(11-4-1)30-18-23-33(24-19-30)45-48-46(50-47(49-45)38-16-9-15-37-36-14-7-8-17-41(36)54-44(37)38)34-25-21-31-20-22-32-26-27-40-43(42(32)39(31)28-34)52-53(51-40)35-12-5-2-6-13-35/h2-3,5-28H,1,4H2. The molecular weight excluding hydrogens is 681 g/mol. The smallest absolute Gasteiger partial charge is 0.165 e. The average molecular weight is 711 g/mol. The zero-order valence-electron chi connectivity index (χ0n) is 29.0. The van der Waals surface area contributed by atoms with Crippen molar-refractivity contribution in [1.82, 2.24) is 29.9 Å². The molecule has 0 saturated heterocycles. The van der Waals surface area contributed by atoms with E-state index in [4.69, 9.17) is 25.1 Å². The molecule has 0 fully saturated rings. The average Bonchev–Trinajstić information content (AvgIpc) is 3.86. The molecule has 1 aliphatic carbocycles. The Balaban J connectivity index is 1.12. The van der Waals surface area contributed by atoms with E-state index in [1.54, 1.807) is 16.1 Å². The summed E-state index contributed by atoms with van der Waals surface area (Å²) in [7, 11) is 0. The van der Waals surface area contributed by atoms with E-state index in [1.807, 2.05) is 36.4 Å². The Morgan fingerprint density at radius 3 is 2.13 bits per heavy atom. The molecule has 0 amide bonds. The van der Waals surface area contributed by atoms with Crippen LogP contribution < -0.4 is 0 Å². The first kappa shape index (κ1) is 30.8. The minimum Gasteiger partial charge on any atom is -0.208 e. The zero-order valence-corrected chi connectivity index (χ0v) is 29.8. The number of aromatic nitrogens is 6. The molecule has 6 nitrogen and oxygen atoms in total. The first-order valence-electron chi connectivity index (χ1n) is 18.2. The van der Waals surface area contributed by atoms with Gasteiger partial charge in [-0.05, 0) is 76.5 Å². The van der Waals surface area contributed by atoms with Crippen molar-refractivity contribution < 1.29 is 0 Å².